The van der Waals surface area contributed by atoms with Crippen molar-refractivity contribution in [3.05, 3.63) is 47.5 Å². The molecule has 2 rings (SSSR count). The topological polar surface area (TPSA) is 54.0 Å². The zero-order valence-electron chi connectivity index (χ0n) is 16.2. The molecule has 0 saturated heterocycles. The van der Waals surface area contributed by atoms with E-state index >= 15 is 0 Å². The maximum Gasteiger partial charge on any atom is 0.204 e. The van der Waals surface area contributed by atoms with Gasteiger partial charge in [0.15, 0.2) is 17.3 Å². The van der Waals surface area contributed by atoms with Crippen LogP contribution in [0, 0.1) is 0 Å². The Balaban J connectivity index is 2.38. The van der Waals surface area contributed by atoms with E-state index in [1.165, 1.54) is 27.4 Å². The summed E-state index contributed by atoms with van der Waals surface area (Å²) in [5.41, 5.74) is 1.22. The lowest BCUT2D eigenvalue weighted by molar-refractivity contribution is 0.104. The molecule has 6 heteroatoms. The van der Waals surface area contributed by atoms with Gasteiger partial charge in [0.2, 0.25) is 5.75 Å². The lowest BCUT2D eigenvalue weighted by Gasteiger charge is -2.17. The third kappa shape index (κ3) is 4.77. The van der Waals surface area contributed by atoms with Gasteiger partial charge in [0, 0.05) is 16.5 Å². The molecule has 2 aromatic carbocycles. The Morgan fingerprint density at radius 1 is 0.926 bits per heavy atom. The number of benzene rings is 2. The maximum absolute atomic E-state index is 12.5. The van der Waals surface area contributed by atoms with Gasteiger partial charge in [-0.3, -0.25) is 4.79 Å². The van der Waals surface area contributed by atoms with Gasteiger partial charge in [-0.05, 0) is 42.2 Å². The van der Waals surface area contributed by atoms with Gasteiger partial charge in [-0.1, -0.05) is 6.92 Å². The lowest BCUT2D eigenvalue weighted by atomic mass is 10.1. The normalized spacial score (nSPS) is 10.7. The molecule has 0 aliphatic rings. The molecule has 0 aromatic heterocycles. The molecule has 0 aliphatic heterocycles. The van der Waals surface area contributed by atoms with E-state index in [0.29, 0.717) is 34.1 Å². The van der Waals surface area contributed by atoms with E-state index in [0.717, 1.165) is 10.6 Å². The molecule has 0 saturated carbocycles. The van der Waals surface area contributed by atoms with Crippen LogP contribution in [0.15, 0.2) is 41.3 Å². The Labute approximate surface area is 164 Å². The first-order valence-corrected chi connectivity index (χ1v) is 9.40. The molecular formula is C21H24O5S. The first kappa shape index (κ1) is 20.7. The van der Waals surface area contributed by atoms with E-state index in [2.05, 4.69) is 6.92 Å². The van der Waals surface area contributed by atoms with Crippen molar-refractivity contribution in [3.63, 3.8) is 0 Å². The molecule has 0 atom stereocenters. The largest absolute Gasteiger partial charge is 0.496 e. The molecule has 0 fully saturated rings. The minimum absolute atomic E-state index is 0.109. The van der Waals surface area contributed by atoms with Crippen molar-refractivity contribution < 1.29 is 23.7 Å². The second-order valence-corrected chi connectivity index (χ2v) is 6.75. The highest BCUT2D eigenvalue weighted by molar-refractivity contribution is 7.99. The number of carbonyl (C=O) groups is 1. The third-order valence-electron chi connectivity index (χ3n) is 3.90. The van der Waals surface area contributed by atoms with Crippen LogP contribution >= 0.6 is 11.8 Å². The minimum atomic E-state index is -0.109. The van der Waals surface area contributed by atoms with Crippen molar-refractivity contribution in [2.24, 2.45) is 0 Å². The van der Waals surface area contributed by atoms with Crippen LogP contribution in [0.2, 0.25) is 0 Å². The van der Waals surface area contributed by atoms with Gasteiger partial charge in [0.05, 0.1) is 34.0 Å². The standard InChI is InChI=1S/C21H24O5S/c1-6-27-15-9-7-14(8-10-15)17(22)12-11-16-18(23-2)13-19(24-3)21(26-5)20(16)25-4/h7-13H,6H2,1-5H3. The van der Waals surface area contributed by atoms with Crippen molar-refractivity contribution in [1.29, 1.82) is 0 Å². The molecule has 0 spiro atoms. The fourth-order valence-corrected chi connectivity index (χ4v) is 3.28. The van der Waals surface area contributed by atoms with E-state index < -0.39 is 0 Å². The molecule has 5 nitrogen and oxygen atoms in total. The van der Waals surface area contributed by atoms with Crippen LogP contribution in [-0.2, 0) is 0 Å². The summed E-state index contributed by atoms with van der Waals surface area (Å²) in [5.74, 6) is 2.76. The van der Waals surface area contributed by atoms with E-state index in [1.807, 2.05) is 24.3 Å². The molecule has 0 N–H and O–H groups in total. The van der Waals surface area contributed by atoms with Crippen LogP contribution in [0.3, 0.4) is 0 Å². The van der Waals surface area contributed by atoms with Gasteiger partial charge in [-0.15, -0.1) is 11.8 Å². The number of thioether (sulfide) groups is 1. The van der Waals surface area contributed by atoms with Gasteiger partial charge in [-0.2, -0.15) is 0 Å². The minimum Gasteiger partial charge on any atom is -0.496 e. The quantitative estimate of drug-likeness (QED) is 0.352. The van der Waals surface area contributed by atoms with Crippen LogP contribution in [0.25, 0.3) is 6.08 Å². The van der Waals surface area contributed by atoms with Crippen LogP contribution in [-0.4, -0.2) is 40.0 Å². The highest BCUT2D eigenvalue weighted by Gasteiger charge is 2.20. The zero-order chi connectivity index (χ0) is 19.8. The summed E-state index contributed by atoms with van der Waals surface area (Å²) in [7, 11) is 6.14. The first-order chi connectivity index (χ1) is 13.1. The molecule has 0 unspecified atom stereocenters. The fourth-order valence-electron chi connectivity index (χ4n) is 2.62. The van der Waals surface area contributed by atoms with Crippen LogP contribution in [0.1, 0.15) is 22.8 Å². The van der Waals surface area contributed by atoms with Crippen molar-refractivity contribution in [2.45, 2.75) is 11.8 Å². The Morgan fingerprint density at radius 3 is 2.07 bits per heavy atom. The summed E-state index contributed by atoms with van der Waals surface area (Å²) in [4.78, 5) is 13.7. The van der Waals surface area contributed by atoms with Gasteiger partial charge in [-0.25, -0.2) is 0 Å². The third-order valence-corrected chi connectivity index (χ3v) is 4.80. The Hall–Kier alpha value is -2.60. The number of ketones is 1. The molecule has 0 amide bonds. The highest BCUT2D eigenvalue weighted by atomic mass is 32.2. The van der Waals surface area contributed by atoms with Gasteiger partial charge < -0.3 is 18.9 Å². The molecule has 0 radical (unpaired) electrons. The summed E-state index contributed by atoms with van der Waals surface area (Å²) < 4.78 is 21.6. The summed E-state index contributed by atoms with van der Waals surface area (Å²) >= 11 is 1.74. The fraction of sp³-hybridized carbons (Fsp3) is 0.286. The number of hydrogen-bond acceptors (Lipinski definition) is 6. The molecule has 2 aromatic rings. The zero-order valence-corrected chi connectivity index (χ0v) is 17.0. The summed E-state index contributed by atoms with van der Waals surface area (Å²) in [5, 5.41) is 0. The van der Waals surface area contributed by atoms with Crippen molar-refractivity contribution in [3.8, 4) is 23.0 Å². The summed E-state index contributed by atoms with van der Waals surface area (Å²) in [6.45, 7) is 2.09. The number of rotatable bonds is 9. The number of allylic oxidation sites excluding steroid dienone is 1. The second kappa shape index (κ2) is 9.92. The Bertz CT molecular complexity index is 812. The van der Waals surface area contributed by atoms with Crippen LogP contribution < -0.4 is 18.9 Å². The predicted octanol–water partition coefficient (Wildman–Crippen LogP) is 4.73. The number of methoxy groups -OCH3 is 4. The first-order valence-electron chi connectivity index (χ1n) is 8.41. The Morgan fingerprint density at radius 2 is 1.56 bits per heavy atom. The Kier molecular flexibility index (Phi) is 7.61. The smallest absolute Gasteiger partial charge is 0.204 e. The summed E-state index contributed by atoms with van der Waals surface area (Å²) in [6, 6.07) is 9.25. The summed E-state index contributed by atoms with van der Waals surface area (Å²) in [6.07, 6.45) is 3.16. The average molecular weight is 388 g/mol. The molecule has 0 bridgehead atoms. The average Bonchev–Trinajstić information content (AvgIpc) is 2.71. The van der Waals surface area contributed by atoms with Gasteiger partial charge in [0.1, 0.15) is 5.75 Å². The number of ether oxygens (including phenoxy) is 4. The van der Waals surface area contributed by atoms with Gasteiger partial charge >= 0.3 is 0 Å². The van der Waals surface area contributed by atoms with Crippen molar-refractivity contribution in [1.82, 2.24) is 0 Å². The molecule has 144 valence electrons. The molecule has 27 heavy (non-hydrogen) atoms. The highest BCUT2D eigenvalue weighted by Crippen LogP contribution is 2.45. The molecule has 0 aliphatic carbocycles. The number of carbonyl (C=O) groups excluding carboxylic acids is 1. The van der Waals surface area contributed by atoms with E-state index in [9.17, 15) is 4.79 Å². The van der Waals surface area contributed by atoms with E-state index in [1.54, 1.807) is 31.0 Å². The maximum atomic E-state index is 12.5. The van der Waals surface area contributed by atoms with E-state index in [4.69, 9.17) is 18.9 Å². The van der Waals surface area contributed by atoms with Crippen molar-refractivity contribution >= 4 is 23.6 Å². The SMILES string of the molecule is CCSc1ccc(C(=O)C=Cc2c(OC)cc(OC)c(OC)c2OC)cc1. The second-order valence-electron chi connectivity index (χ2n) is 5.42. The lowest BCUT2D eigenvalue weighted by Crippen LogP contribution is -2.00. The molecule has 0 heterocycles. The predicted molar refractivity (Wildman–Crippen MR) is 109 cm³/mol. The number of hydrogen-bond donors (Lipinski definition) is 0. The monoisotopic (exact) mass is 388 g/mol. The van der Waals surface area contributed by atoms with Crippen molar-refractivity contribution in [2.75, 3.05) is 34.2 Å². The van der Waals surface area contributed by atoms with Crippen LogP contribution in [0.5, 0.6) is 23.0 Å². The van der Waals surface area contributed by atoms with E-state index in [-0.39, 0.29) is 5.78 Å². The van der Waals surface area contributed by atoms with Gasteiger partial charge in [0.25, 0.3) is 0 Å². The molecular weight excluding hydrogens is 364 g/mol. The van der Waals surface area contributed by atoms with Crippen LogP contribution in [0.4, 0.5) is 0 Å².